The van der Waals surface area contributed by atoms with Crippen LogP contribution >= 0.6 is 23.2 Å². The van der Waals surface area contributed by atoms with E-state index in [0.29, 0.717) is 0 Å². The lowest BCUT2D eigenvalue weighted by molar-refractivity contribution is -0.137. The van der Waals surface area contributed by atoms with Crippen LogP contribution in [-0.2, 0) is 4.79 Å². The number of nitrogens with one attached hydrogen (secondary N) is 1. The Balaban J connectivity index is 2.12. The van der Waals surface area contributed by atoms with Crippen LogP contribution in [0, 0.1) is 5.92 Å². The number of aliphatic carboxylic acids is 1. The van der Waals surface area contributed by atoms with E-state index in [2.05, 4.69) is 5.32 Å². The van der Waals surface area contributed by atoms with Crippen molar-refractivity contribution in [2.24, 2.45) is 5.92 Å². The minimum atomic E-state index is -0.928. The molecule has 1 aromatic rings. The Morgan fingerprint density at radius 3 is 2.37 bits per heavy atom. The lowest BCUT2D eigenvalue weighted by Crippen LogP contribution is -2.38. The Morgan fingerprint density at radius 1 is 1.32 bits per heavy atom. The molecule has 1 saturated carbocycles. The molecule has 0 heterocycles. The first-order valence-electron chi connectivity index (χ1n) is 5.95. The van der Waals surface area contributed by atoms with Gasteiger partial charge in [0.2, 0.25) is 0 Å². The summed E-state index contributed by atoms with van der Waals surface area (Å²) in [6.45, 7) is 0. The first-order valence-corrected chi connectivity index (χ1v) is 6.71. The number of amides is 1. The molecule has 2 N–H and O–H groups in total. The fourth-order valence-corrected chi connectivity index (χ4v) is 2.55. The van der Waals surface area contributed by atoms with Crippen molar-refractivity contribution in [3.63, 3.8) is 0 Å². The third kappa shape index (κ3) is 3.61. The van der Waals surface area contributed by atoms with Gasteiger partial charge < -0.3 is 10.4 Å². The van der Waals surface area contributed by atoms with E-state index in [1.54, 1.807) is 18.2 Å². The molecule has 19 heavy (non-hydrogen) atoms. The zero-order valence-electron chi connectivity index (χ0n) is 10.0. The zero-order valence-corrected chi connectivity index (χ0v) is 11.5. The molecule has 102 valence electrons. The molecule has 2 rings (SSSR count). The van der Waals surface area contributed by atoms with Crippen LogP contribution in [0.5, 0.6) is 0 Å². The van der Waals surface area contributed by atoms with E-state index in [0.717, 1.165) is 12.8 Å². The first kappa shape index (κ1) is 14.2. The van der Waals surface area contributed by atoms with Gasteiger partial charge in [0, 0.05) is 6.04 Å². The highest BCUT2D eigenvalue weighted by atomic mass is 35.5. The Hall–Kier alpha value is -1.26. The summed E-state index contributed by atoms with van der Waals surface area (Å²) in [6.07, 6.45) is 1.79. The highest BCUT2D eigenvalue weighted by Gasteiger charge is 2.34. The summed E-state index contributed by atoms with van der Waals surface area (Å²) in [6, 6.07) is 4.44. The third-order valence-corrected chi connectivity index (χ3v) is 3.72. The number of carboxylic acids is 1. The summed E-state index contributed by atoms with van der Waals surface area (Å²) in [5.74, 6) is -1.11. The van der Waals surface area contributed by atoms with E-state index >= 15 is 0 Å². The van der Waals surface area contributed by atoms with Crippen LogP contribution in [-0.4, -0.2) is 23.0 Å². The summed E-state index contributed by atoms with van der Waals surface area (Å²) in [5.41, 5.74) is 0.196. The van der Waals surface area contributed by atoms with Crippen molar-refractivity contribution in [2.45, 2.75) is 25.3 Å². The molecule has 1 unspecified atom stereocenters. The zero-order chi connectivity index (χ0) is 14.0. The number of benzene rings is 1. The van der Waals surface area contributed by atoms with Gasteiger partial charge >= 0.3 is 5.97 Å². The Bertz CT molecular complexity index is 494. The second-order valence-corrected chi connectivity index (χ2v) is 5.43. The highest BCUT2D eigenvalue weighted by molar-refractivity contribution is 6.39. The molecule has 0 aromatic heterocycles. The van der Waals surface area contributed by atoms with Crippen LogP contribution < -0.4 is 5.32 Å². The number of carbonyl (C=O) groups is 2. The molecular weight excluding hydrogens is 289 g/mol. The lowest BCUT2D eigenvalue weighted by Gasteiger charge is -2.17. The van der Waals surface area contributed by atoms with Crippen molar-refractivity contribution in [1.29, 1.82) is 0 Å². The second-order valence-electron chi connectivity index (χ2n) is 4.61. The first-order chi connectivity index (χ1) is 8.99. The molecular formula is C13H13Cl2NO3. The van der Waals surface area contributed by atoms with Crippen LogP contribution in [0.15, 0.2) is 18.2 Å². The van der Waals surface area contributed by atoms with Crippen molar-refractivity contribution in [3.8, 4) is 0 Å². The Labute approximate surface area is 120 Å². The third-order valence-electron chi connectivity index (χ3n) is 3.09. The number of rotatable bonds is 5. The maximum atomic E-state index is 12.1. The number of carbonyl (C=O) groups excluding carboxylic acids is 1. The minimum absolute atomic E-state index is 0.0848. The van der Waals surface area contributed by atoms with Crippen LogP contribution in [0.25, 0.3) is 0 Å². The van der Waals surface area contributed by atoms with Gasteiger partial charge in [0.05, 0.1) is 22.0 Å². The van der Waals surface area contributed by atoms with Crippen molar-refractivity contribution in [2.75, 3.05) is 0 Å². The normalized spacial score (nSPS) is 15.9. The molecule has 0 saturated heterocycles. The van der Waals surface area contributed by atoms with Gasteiger partial charge in [-0.3, -0.25) is 9.59 Å². The van der Waals surface area contributed by atoms with Crippen molar-refractivity contribution in [3.05, 3.63) is 33.8 Å². The number of carboxylic acid groups (broad SMARTS) is 1. The molecule has 0 radical (unpaired) electrons. The number of hydrogen-bond donors (Lipinski definition) is 2. The standard InChI is InChI=1S/C13H13Cl2NO3/c14-8-2-1-3-9(15)12(8)13(19)16-10(6-11(17)18)7-4-5-7/h1-3,7,10H,4-6H2,(H,16,19)(H,17,18). The van der Waals surface area contributed by atoms with Gasteiger partial charge in [-0.15, -0.1) is 0 Å². The molecule has 0 bridgehead atoms. The highest BCUT2D eigenvalue weighted by Crippen LogP contribution is 2.34. The molecule has 1 atom stereocenters. The summed E-state index contributed by atoms with van der Waals surface area (Å²) in [4.78, 5) is 22.9. The summed E-state index contributed by atoms with van der Waals surface area (Å²) in [7, 11) is 0. The predicted octanol–water partition coefficient (Wildman–Crippen LogP) is 2.98. The number of hydrogen-bond acceptors (Lipinski definition) is 2. The van der Waals surface area contributed by atoms with E-state index in [-0.39, 0.29) is 34.0 Å². The van der Waals surface area contributed by atoms with Crippen LogP contribution in [0.3, 0.4) is 0 Å². The van der Waals surface area contributed by atoms with Gasteiger partial charge in [0.1, 0.15) is 0 Å². The van der Waals surface area contributed by atoms with Crippen molar-refractivity contribution >= 4 is 35.1 Å². The van der Waals surface area contributed by atoms with Crippen molar-refractivity contribution < 1.29 is 14.7 Å². The summed E-state index contributed by atoms with van der Waals surface area (Å²) >= 11 is 11.9. The Kier molecular flexibility index (Phi) is 4.32. The van der Waals surface area contributed by atoms with E-state index in [9.17, 15) is 9.59 Å². The topological polar surface area (TPSA) is 66.4 Å². The van der Waals surface area contributed by atoms with Crippen LogP contribution in [0.2, 0.25) is 10.0 Å². The van der Waals surface area contributed by atoms with Gasteiger partial charge in [-0.05, 0) is 30.9 Å². The van der Waals surface area contributed by atoms with E-state index in [4.69, 9.17) is 28.3 Å². The van der Waals surface area contributed by atoms with Gasteiger partial charge in [0.15, 0.2) is 0 Å². The molecule has 4 nitrogen and oxygen atoms in total. The van der Waals surface area contributed by atoms with E-state index < -0.39 is 11.9 Å². The van der Waals surface area contributed by atoms with E-state index in [1.807, 2.05) is 0 Å². The molecule has 6 heteroatoms. The van der Waals surface area contributed by atoms with Crippen molar-refractivity contribution in [1.82, 2.24) is 5.32 Å². The lowest BCUT2D eigenvalue weighted by atomic mass is 10.1. The predicted molar refractivity (Wildman–Crippen MR) is 72.7 cm³/mol. The smallest absolute Gasteiger partial charge is 0.305 e. The maximum absolute atomic E-state index is 12.1. The van der Waals surface area contributed by atoms with Crippen LogP contribution in [0.4, 0.5) is 0 Å². The molecule has 1 amide bonds. The largest absolute Gasteiger partial charge is 0.481 e. The molecule has 0 aliphatic heterocycles. The van der Waals surface area contributed by atoms with Gasteiger partial charge in [0.25, 0.3) is 5.91 Å². The van der Waals surface area contributed by atoms with Gasteiger partial charge in [-0.1, -0.05) is 29.3 Å². The van der Waals surface area contributed by atoms with E-state index in [1.165, 1.54) is 0 Å². The van der Waals surface area contributed by atoms with Gasteiger partial charge in [-0.2, -0.15) is 0 Å². The fraction of sp³-hybridized carbons (Fsp3) is 0.385. The average molecular weight is 302 g/mol. The number of halogens is 2. The molecule has 0 spiro atoms. The second kappa shape index (κ2) is 5.80. The maximum Gasteiger partial charge on any atom is 0.305 e. The molecule has 1 aliphatic carbocycles. The summed E-state index contributed by atoms with van der Waals surface area (Å²) < 4.78 is 0. The van der Waals surface area contributed by atoms with Gasteiger partial charge in [-0.25, -0.2) is 0 Å². The molecule has 1 aliphatic rings. The average Bonchev–Trinajstić information content (AvgIpc) is 3.10. The minimum Gasteiger partial charge on any atom is -0.481 e. The fourth-order valence-electron chi connectivity index (χ4n) is 1.98. The molecule has 1 aromatic carbocycles. The van der Waals surface area contributed by atoms with Crippen LogP contribution in [0.1, 0.15) is 29.6 Å². The summed E-state index contributed by atoms with van der Waals surface area (Å²) in [5, 5.41) is 12.1. The Morgan fingerprint density at radius 2 is 1.89 bits per heavy atom. The molecule has 1 fully saturated rings. The quantitative estimate of drug-likeness (QED) is 0.878. The SMILES string of the molecule is O=C(O)CC(NC(=O)c1c(Cl)cccc1Cl)C1CC1. The monoisotopic (exact) mass is 301 g/mol.